The fourth-order valence-electron chi connectivity index (χ4n) is 1.47. The van der Waals surface area contributed by atoms with Gasteiger partial charge >= 0.3 is 6.09 Å². The van der Waals surface area contributed by atoms with Crippen LogP contribution in [0.3, 0.4) is 0 Å². The molecule has 0 radical (unpaired) electrons. The van der Waals surface area contributed by atoms with Crippen molar-refractivity contribution in [3.05, 3.63) is 24.0 Å². The van der Waals surface area contributed by atoms with E-state index in [9.17, 15) is 9.90 Å². The number of amides is 1. The number of carbonyl (C=O) groups is 1. The van der Waals surface area contributed by atoms with Gasteiger partial charge in [-0.2, -0.15) is 0 Å². The van der Waals surface area contributed by atoms with Crippen molar-refractivity contribution in [2.75, 3.05) is 4.90 Å². The minimum atomic E-state index is -0.947. The smallest absolute Gasteiger partial charge is 0.412 e. The first-order valence-corrected chi connectivity index (χ1v) is 4.78. The van der Waals surface area contributed by atoms with Crippen LogP contribution >= 0.6 is 0 Å². The maximum Gasteiger partial charge on any atom is 0.412 e. The average molecular weight is 208 g/mol. The lowest BCUT2D eigenvalue weighted by Crippen LogP contribution is -2.45. The first kappa shape index (κ1) is 11.5. The van der Waals surface area contributed by atoms with E-state index in [1.807, 2.05) is 27.7 Å². The van der Waals surface area contributed by atoms with Crippen LogP contribution in [0.25, 0.3) is 0 Å². The molecule has 0 atom stereocenters. The highest BCUT2D eigenvalue weighted by Crippen LogP contribution is 2.26. The van der Waals surface area contributed by atoms with Crippen molar-refractivity contribution >= 4 is 11.8 Å². The molecule has 0 aliphatic heterocycles. The van der Waals surface area contributed by atoms with Gasteiger partial charge in [0.25, 0.3) is 0 Å². The summed E-state index contributed by atoms with van der Waals surface area (Å²) in [4.78, 5) is 16.5. The van der Waals surface area contributed by atoms with Crippen LogP contribution in [0.4, 0.5) is 10.5 Å². The van der Waals surface area contributed by atoms with Gasteiger partial charge in [-0.25, -0.2) is 4.79 Å². The zero-order valence-corrected chi connectivity index (χ0v) is 9.48. The van der Waals surface area contributed by atoms with E-state index in [1.54, 1.807) is 18.5 Å². The second kappa shape index (κ2) is 3.88. The second-order valence-corrected chi connectivity index (χ2v) is 4.45. The Morgan fingerprint density at radius 2 is 2.07 bits per heavy atom. The van der Waals surface area contributed by atoms with Crippen molar-refractivity contribution < 1.29 is 9.90 Å². The van der Waals surface area contributed by atoms with E-state index in [-0.39, 0.29) is 0 Å². The Balaban J connectivity index is 3.23. The molecule has 1 aromatic rings. The highest BCUT2D eigenvalue weighted by atomic mass is 16.4. The SMILES string of the molecule is Cc1cnccc1N(C(=O)O)C(C)(C)C. The molecule has 0 aliphatic carbocycles. The minimum absolute atomic E-state index is 0.460. The Bertz CT molecular complexity index is 369. The molecule has 0 unspecified atom stereocenters. The van der Waals surface area contributed by atoms with Crippen molar-refractivity contribution in [3.63, 3.8) is 0 Å². The molecule has 15 heavy (non-hydrogen) atoms. The van der Waals surface area contributed by atoms with Crippen molar-refractivity contribution in [2.24, 2.45) is 0 Å². The Labute approximate surface area is 89.6 Å². The number of anilines is 1. The molecular formula is C11H16N2O2. The van der Waals surface area contributed by atoms with E-state index in [0.717, 1.165) is 5.56 Å². The number of pyridine rings is 1. The third-order valence-corrected chi connectivity index (χ3v) is 2.09. The topological polar surface area (TPSA) is 53.4 Å². The second-order valence-electron chi connectivity index (χ2n) is 4.45. The van der Waals surface area contributed by atoms with Gasteiger partial charge in [0.05, 0.1) is 5.69 Å². The summed E-state index contributed by atoms with van der Waals surface area (Å²) >= 11 is 0. The van der Waals surface area contributed by atoms with E-state index in [4.69, 9.17) is 0 Å². The van der Waals surface area contributed by atoms with Crippen LogP contribution in [-0.2, 0) is 0 Å². The maximum absolute atomic E-state index is 11.2. The molecule has 0 aliphatic rings. The molecule has 0 saturated heterocycles. The van der Waals surface area contributed by atoms with Gasteiger partial charge in [0.2, 0.25) is 0 Å². The zero-order chi connectivity index (χ0) is 11.6. The monoisotopic (exact) mass is 208 g/mol. The number of rotatable bonds is 1. The van der Waals surface area contributed by atoms with Crippen molar-refractivity contribution in [2.45, 2.75) is 33.2 Å². The number of nitrogens with zero attached hydrogens (tertiary/aromatic N) is 2. The molecular weight excluding hydrogens is 192 g/mol. The fourth-order valence-corrected chi connectivity index (χ4v) is 1.47. The van der Waals surface area contributed by atoms with E-state index < -0.39 is 11.6 Å². The van der Waals surface area contributed by atoms with Crippen molar-refractivity contribution in [1.82, 2.24) is 4.98 Å². The summed E-state index contributed by atoms with van der Waals surface area (Å²) in [7, 11) is 0. The lowest BCUT2D eigenvalue weighted by atomic mass is 10.0. The summed E-state index contributed by atoms with van der Waals surface area (Å²) < 4.78 is 0. The predicted molar refractivity (Wildman–Crippen MR) is 59.2 cm³/mol. The van der Waals surface area contributed by atoms with Gasteiger partial charge in [0, 0.05) is 17.9 Å². The third kappa shape index (κ3) is 2.46. The van der Waals surface area contributed by atoms with Gasteiger partial charge in [0.15, 0.2) is 0 Å². The van der Waals surface area contributed by atoms with Gasteiger partial charge in [0.1, 0.15) is 0 Å². The molecule has 0 spiro atoms. The van der Waals surface area contributed by atoms with E-state index >= 15 is 0 Å². The van der Waals surface area contributed by atoms with Crippen molar-refractivity contribution in [3.8, 4) is 0 Å². The summed E-state index contributed by atoms with van der Waals surface area (Å²) in [6.45, 7) is 7.44. The average Bonchev–Trinajstić information content (AvgIpc) is 2.05. The van der Waals surface area contributed by atoms with Crippen LogP contribution in [0.2, 0.25) is 0 Å². The summed E-state index contributed by atoms with van der Waals surface area (Å²) in [5.74, 6) is 0. The lowest BCUT2D eigenvalue weighted by Gasteiger charge is -2.33. The highest BCUT2D eigenvalue weighted by Gasteiger charge is 2.28. The van der Waals surface area contributed by atoms with Gasteiger partial charge < -0.3 is 5.11 Å². The molecule has 82 valence electrons. The number of aromatic nitrogens is 1. The number of hydrogen-bond acceptors (Lipinski definition) is 2. The highest BCUT2D eigenvalue weighted by molar-refractivity contribution is 5.88. The van der Waals surface area contributed by atoms with Gasteiger partial charge in [-0.15, -0.1) is 0 Å². The molecule has 1 N–H and O–H groups in total. The van der Waals surface area contributed by atoms with Gasteiger partial charge in [-0.05, 0) is 39.3 Å². The molecule has 0 saturated carbocycles. The predicted octanol–water partition coefficient (Wildman–Crippen LogP) is 2.67. The van der Waals surface area contributed by atoms with Crippen LogP contribution in [0.1, 0.15) is 26.3 Å². The minimum Gasteiger partial charge on any atom is -0.465 e. The molecule has 0 bridgehead atoms. The van der Waals surface area contributed by atoms with Crippen molar-refractivity contribution in [1.29, 1.82) is 0 Å². The quantitative estimate of drug-likeness (QED) is 0.772. The molecule has 0 aromatic carbocycles. The Kier molecular flexibility index (Phi) is 2.98. The zero-order valence-electron chi connectivity index (χ0n) is 9.48. The Hall–Kier alpha value is -1.58. The fraction of sp³-hybridized carbons (Fsp3) is 0.455. The standard InChI is InChI=1S/C11H16N2O2/c1-8-7-12-6-5-9(8)13(10(14)15)11(2,3)4/h5-7H,1-4H3,(H,14,15). The first-order chi connectivity index (χ1) is 6.84. The Morgan fingerprint density at radius 1 is 1.47 bits per heavy atom. The summed E-state index contributed by atoms with van der Waals surface area (Å²) in [5.41, 5.74) is 1.08. The van der Waals surface area contributed by atoms with E-state index in [1.165, 1.54) is 4.90 Å². The summed E-state index contributed by atoms with van der Waals surface area (Å²) in [6.07, 6.45) is 2.32. The Morgan fingerprint density at radius 3 is 2.47 bits per heavy atom. The van der Waals surface area contributed by atoms with Gasteiger partial charge in [-0.1, -0.05) is 0 Å². The summed E-state index contributed by atoms with van der Waals surface area (Å²) in [5, 5.41) is 9.19. The number of aryl methyl sites for hydroxylation is 1. The molecule has 1 heterocycles. The lowest BCUT2D eigenvalue weighted by molar-refractivity contribution is 0.195. The van der Waals surface area contributed by atoms with E-state index in [2.05, 4.69) is 4.98 Å². The van der Waals surface area contributed by atoms with Crippen LogP contribution < -0.4 is 4.90 Å². The van der Waals surface area contributed by atoms with Crippen LogP contribution in [0.5, 0.6) is 0 Å². The van der Waals surface area contributed by atoms with Gasteiger partial charge in [-0.3, -0.25) is 9.88 Å². The molecule has 4 nitrogen and oxygen atoms in total. The molecule has 1 rings (SSSR count). The largest absolute Gasteiger partial charge is 0.465 e. The molecule has 0 fully saturated rings. The first-order valence-electron chi connectivity index (χ1n) is 4.78. The normalized spacial score (nSPS) is 11.2. The van der Waals surface area contributed by atoms with Crippen LogP contribution in [-0.4, -0.2) is 21.7 Å². The van der Waals surface area contributed by atoms with Crippen LogP contribution in [0.15, 0.2) is 18.5 Å². The maximum atomic E-state index is 11.2. The number of hydrogen-bond donors (Lipinski definition) is 1. The third-order valence-electron chi connectivity index (χ3n) is 2.09. The molecule has 1 aromatic heterocycles. The van der Waals surface area contributed by atoms with E-state index in [0.29, 0.717) is 5.69 Å². The molecule has 1 amide bonds. The molecule has 4 heteroatoms. The van der Waals surface area contributed by atoms with Crippen LogP contribution in [0, 0.1) is 6.92 Å². The number of carboxylic acid groups (broad SMARTS) is 1. The summed E-state index contributed by atoms with van der Waals surface area (Å²) in [6, 6.07) is 1.72.